The van der Waals surface area contributed by atoms with Gasteiger partial charge in [-0.3, -0.25) is 0 Å². The summed E-state index contributed by atoms with van der Waals surface area (Å²) in [4.78, 5) is 2.41. The number of nitrogens with zero attached hydrogens (tertiary/aromatic N) is 1. The number of hydrogen-bond acceptors (Lipinski definition) is 2. The SMILES string of the molecule is NC1(C(F)F)CCCN(C2CCCCC2)CC1. The van der Waals surface area contributed by atoms with Gasteiger partial charge in [0, 0.05) is 12.6 Å². The fourth-order valence-corrected chi connectivity index (χ4v) is 3.23. The summed E-state index contributed by atoms with van der Waals surface area (Å²) in [6, 6.07) is 0.628. The molecule has 1 aliphatic carbocycles. The molecule has 1 unspecified atom stereocenters. The average Bonchev–Trinajstić information content (AvgIpc) is 2.54. The predicted molar refractivity (Wildman–Crippen MR) is 65.2 cm³/mol. The number of halogens is 2. The molecule has 100 valence electrons. The summed E-state index contributed by atoms with van der Waals surface area (Å²) >= 11 is 0. The second kappa shape index (κ2) is 5.61. The van der Waals surface area contributed by atoms with Gasteiger partial charge in [0.15, 0.2) is 0 Å². The first-order valence-electron chi connectivity index (χ1n) is 6.93. The third-order valence-electron chi connectivity index (χ3n) is 4.48. The summed E-state index contributed by atoms with van der Waals surface area (Å²) in [5.74, 6) is 0. The minimum atomic E-state index is -2.38. The van der Waals surface area contributed by atoms with E-state index in [0.29, 0.717) is 18.9 Å². The monoisotopic (exact) mass is 246 g/mol. The number of alkyl halides is 2. The van der Waals surface area contributed by atoms with Crippen LogP contribution < -0.4 is 5.73 Å². The quantitative estimate of drug-likeness (QED) is 0.811. The average molecular weight is 246 g/mol. The van der Waals surface area contributed by atoms with E-state index in [1.54, 1.807) is 0 Å². The highest BCUT2D eigenvalue weighted by Gasteiger charge is 2.38. The molecule has 0 aromatic carbocycles. The zero-order valence-electron chi connectivity index (χ0n) is 10.5. The van der Waals surface area contributed by atoms with Gasteiger partial charge in [-0.15, -0.1) is 0 Å². The molecule has 1 saturated heterocycles. The summed E-state index contributed by atoms with van der Waals surface area (Å²) in [5.41, 5.74) is 4.58. The lowest BCUT2D eigenvalue weighted by Crippen LogP contribution is -2.48. The number of hydrogen-bond donors (Lipinski definition) is 1. The zero-order valence-corrected chi connectivity index (χ0v) is 10.5. The molecule has 0 aromatic heterocycles. The summed E-state index contributed by atoms with van der Waals surface area (Å²) in [5, 5.41) is 0. The van der Waals surface area contributed by atoms with Crippen LogP contribution in [0, 0.1) is 0 Å². The number of nitrogens with two attached hydrogens (primary N) is 1. The van der Waals surface area contributed by atoms with Crippen LogP contribution in [0.5, 0.6) is 0 Å². The molecule has 0 aromatic rings. The molecule has 17 heavy (non-hydrogen) atoms. The van der Waals surface area contributed by atoms with E-state index >= 15 is 0 Å². The van der Waals surface area contributed by atoms with Crippen LogP contribution in [0.4, 0.5) is 8.78 Å². The number of rotatable bonds is 2. The lowest BCUT2D eigenvalue weighted by Gasteiger charge is -2.34. The van der Waals surface area contributed by atoms with E-state index in [9.17, 15) is 8.78 Å². The fourth-order valence-electron chi connectivity index (χ4n) is 3.23. The second-order valence-corrected chi connectivity index (χ2v) is 5.72. The molecule has 1 atom stereocenters. The Balaban J connectivity index is 1.90. The molecule has 2 fully saturated rings. The van der Waals surface area contributed by atoms with Crippen LogP contribution in [0.25, 0.3) is 0 Å². The smallest absolute Gasteiger partial charge is 0.256 e. The lowest BCUT2D eigenvalue weighted by molar-refractivity contribution is 0.0431. The third kappa shape index (κ3) is 3.16. The topological polar surface area (TPSA) is 29.3 Å². The molecule has 0 bridgehead atoms. The molecule has 2 N–H and O–H groups in total. The summed E-state index contributed by atoms with van der Waals surface area (Å²) in [7, 11) is 0. The molecule has 2 nitrogen and oxygen atoms in total. The highest BCUT2D eigenvalue weighted by molar-refractivity contribution is 4.92. The molecule has 2 rings (SSSR count). The van der Waals surface area contributed by atoms with Gasteiger partial charge in [0.1, 0.15) is 0 Å². The van der Waals surface area contributed by atoms with Crippen molar-refractivity contribution in [2.45, 2.75) is 69.4 Å². The molecule has 1 aliphatic heterocycles. The van der Waals surface area contributed by atoms with Gasteiger partial charge in [-0.2, -0.15) is 0 Å². The van der Waals surface area contributed by atoms with Gasteiger partial charge in [0.2, 0.25) is 0 Å². The van der Waals surface area contributed by atoms with Crippen LogP contribution in [-0.4, -0.2) is 36.0 Å². The van der Waals surface area contributed by atoms with Crippen LogP contribution >= 0.6 is 0 Å². The minimum Gasteiger partial charge on any atom is -0.320 e. The van der Waals surface area contributed by atoms with Gasteiger partial charge in [-0.1, -0.05) is 19.3 Å². The van der Waals surface area contributed by atoms with Gasteiger partial charge < -0.3 is 10.6 Å². The Kier molecular flexibility index (Phi) is 4.36. The Bertz CT molecular complexity index is 242. The summed E-state index contributed by atoms with van der Waals surface area (Å²) < 4.78 is 25.8. The Morgan fingerprint density at radius 3 is 2.35 bits per heavy atom. The van der Waals surface area contributed by atoms with Crippen molar-refractivity contribution < 1.29 is 8.78 Å². The maximum atomic E-state index is 12.9. The Morgan fingerprint density at radius 1 is 1.00 bits per heavy atom. The third-order valence-corrected chi connectivity index (χ3v) is 4.48. The molecule has 2 aliphatic rings. The largest absolute Gasteiger partial charge is 0.320 e. The van der Waals surface area contributed by atoms with E-state index in [0.717, 1.165) is 19.5 Å². The molecule has 1 heterocycles. The fraction of sp³-hybridized carbons (Fsp3) is 1.00. The zero-order chi connectivity index (χ0) is 12.3. The van der Waals surface area contributed by atoms with Crippen molar-refractivity contribution >= 4 is 0 Å². The van der Waals surface area contributed by atoms with Crippen LogP contribution in [-0.2, 0) is 0 Å². The van der Waals surface area contributed by atoms with E-state index in [4.69, 9.17) is 5.73 Å². The summed E-state index contributed by atoms with van der Waals surface area (Å²) in [6.07, 6.45) is 5.76. The minimum absolute atomic E-state index is 0.446. The van der Waals surface area contributed by atoms with Crippen molar-refractivity contribution in [2.24, 2.45) is 5.73 Å². The van der Waals surface area contributed by atoms with Crippen molar-refractivity contribution in [3.05, 3.63) is 0 Å². The highest BCUT2D eigenvalue weighted by Crippen LogP contribution is 2.30. The Labute approximate surface area is 103 Å². The van der Waals surface area contributed by atoms with Gasteiger partial charge in [0.25, 0.3) is 6.43 Å². The summed E-state index contributed by atoms with van der Waals surface area (Å²) in [6.45, 7) is 1.71. The molecular formula is C13H24F2N2. The highest BCUT2D eigenvalue weighted by atomic mass is 19.3. The Morgan fingerprint density at radius 2 is 1.71 bits per heavy atom. The molecule has 4 heteroatoms. The van der Waals surface area contributed by atoms with Crippen molar-refractivity contribution in [2.75, 3.05) is 13.1 Å². The van der Waals surface area contributed by atoms with Crippen LogP contribution in [0.3, 0.4) is 0 Å². The van der Waals surface area contributed by atoms with E-state index in [1.807, 2.05) is 0 Å². The van der Waals surface area contributed by atoms with Crippen molar-refractivity contribution in [1.29, 1.82) is 0 Å². The maximum absolute atomic E-state index is 12.9. The van der Waals surface area contributed by atoms with E-state index in [2.05, 4.69) is 4.90 Å². The second-order valence-electron chi connectivity index (χ2n) is 5.72. The van der Waals surface area contributed by atoms with Crippen molar-refractivity contribution in [3.63, 3.8) is 0 Å². The van der Waals surface area contributed by atoms with Crippen molar-refractivity contribution in [3.8, 4) is 0 Å². The van der Waals surface area contributed by atoms with Crippen molar-refractivity contribution in [1.82, 2.24) is 4.90 Å². The van der Waals surface area contributed by atoms with Crippen LogP contribution in [0.15, 0.2) is 0 Å². The normalized spacial score (nSPS) is 33.9. The lowest BCUT2D eigenvalue weighted by atomic mass is 9.92. The first-order chi connectivity index (χ1) is 8.12. The molecule has 0 amide bonds. The number of likely N-dealkylation sites (tertiary alicyclic amines) is 1. The molecular weight excluding hydrogens is 222 g/mol. The van der Waals surface area contributed by atoms with Crippen LogP contribution in [0.1, 0.15) is 51.4 Å². The van der Waals surface area contributed by atoms with Gasteiger partial charge >= 0.3 is 0 Å². The first kappa shape index (κ1) is 13.2. The van der Waals surface area contributed by atoms with E-state index in [-0.39, 0.29) is 0 Å². The van der Waals surface area contributed by atoms with E-state index < -0.39 is 12.0 Å². The maximum Gasteiger partial charge on any atom is 0.256 e. The van der Waals surface area contributed by atoms with Gasteiger partial charge in [-0.05, 0) is 38.6 Å². The molecule has 0 spiro atoms. The van der Waals surface area contributed by atoms with Gasteiger partial charge in [0.05, 0.1) is 5.54 Å². The molecule has 1 saturated carbocycles. The van der Waals surface area contributed by atoms with Gasteiger partial charge in [-0.25, -0.2) is 8.78 Å². The predicted octanol–water partition coefficient (Wildman–Crippen LogP) is 2.77. The first-order valence-corrected chi connectivity index (χ1v) is 6.93. The molecule has 0 radical (unpaired) electrons. The Hall–Kier alpha value is -0.220. The van der Waals surface area contributed by atoms with E-state index in [1.165, 1.54) is 32.1 Å². The van der Waals surface area contributed by atoms with Crippen LogP contribution in [0.2, 0.25) is 0 Å². The standard InChI is InChI=1S/C13H24F2N2/c14-12(15)13(16)7-4-9-17(10-8-13)11-5-2-1-3-6-11/h11-12H,1-10,16H2.